The first-order valence-electron chi connectivity index (χ1n) is 13.7. The average Bonchev–Trinajstić information content (AvgIpc) is 3.39. The second-order valence-electron chi connectivity index (χ2n) is 10.5. The highest BCUT2D eigenvalue weighted by Crippen LogP contribution is 2.32. The van der Waals surface area contributed by atoms with Gasteiger partial charge in [-0.1, -0.05) is 35.9 Å². The quantitative estimate of drug-likeness (QED) is 0.198. The van der Waals surface area contributed by atoms with Crippen LogP contribution in [0.4, 0.5) is 11.6 Å². The number of halogens is 1. The smallest absolute Gasteiger partial charge is 0.251 e. The molecule has 212 valence electrons. The van der Waals surface area contributed by atoms with E-state index in [2.05, 4.69) is 25.9 Å². The van der Waals surface area contributed by atoms with Crippen LogP contribution < -0.4 is 16.0 Å². The summed E-state index contributed by atoms with van der Waals surface area (Å²) in [5.41, 5.74) is 3.86. The molecule has 2 aromatic heterocycles. The molecule has 0 bridgehead atoms. The van der Waals surface area contributed by atoms with Crippen LogP contribution in [0, 0.1) is 0 Å². The van der Waals surface area contributed by atoms with Crippen molar-refractivity contribution >= 4 is 46.0 Å². The van der Waals surface area contributed by atoms with Crippen molar-refractivity contribution in [1.29, 1.82) is 0 Å². The van der Waals surface area contributed by atoms with Crippen LogP contribution in [0.2, 0.25) is 5.02 Å². The lowest BCUT2D eigenvalue weighted by atomic mass is 9.91. The van der Waals surface area contributed by atoms with Gasteiger partial charge in [0.2, 0.25) is 11.9 Å². The van der Waals surface area contributed by atoms with Crippen molar-refractivity contribution in [2.45, 2.75) is 37.8 Å². The van der Waals surface area contributed by atoms with Crippen LogP contribution in [0.15, 0.2) is 73.1 Å². The molecule has 2 heterocycles. The Labute approximate surface area is 244 Å². The lowest BCUT2D eigenvalue weighted by Crippen LogP contribution is -2.40. The first kappa shape index (κ1) is 28.3. The van der Waals surface area contributed by atoms with Crippen LogP contribution in [0.3, 0.4) is 0 Å². The molecule has 1 saturated carbocycles. The fourth-order valence-corrected chi connectivity index (χ4v) is 5.18. The van der Waals surface area contributed by atoms with E-state index in [1.807, 2.05) is 49.5 Å². The summed E-state index contributed by atoms with van der Waals surface area (Å²) >= 11 is 6.48. The van der Waals surface area contributed by atoms with Crippen LogP contribution >= 0.6 is 11.6 Å². The highest BCUT2D eigenvalue weighted by atomic mass is 35.5. The molecule has 0 aliphatic heterocycles. The predicted molar refractivity (Wildman–Crippen MR) is 164 cm³/mol. The van der Waals surface area contributed by atoms with Crippen LogP contribution in [-0.4, -0.2) is 64.4 Å². The minimum atomic E-state index is -0.201. The number of H-pyrrole nitrogens is 1. The lowest BCUT2D eigenvalue weighted by molar-refractivity contribution is -0.111. The second-order valence-corrected chi connectivity index (χ2v) is 10.9. The zero-order chi connectivity index (χ0) is 28.8. The Kier molecular flexibility index (Phi) is 8.96. The summed E-state index contributed by atoms with van der Waals surface area (Å²) in [6, 6.07) is 15.3. The zero-order valence-corrected chi connectivity index (χ0v) is 23.9. The van der Waals surface area contributed by atoms with Gasteiger partial charge in [-0.2, -0.15) is 0 Å². The normalized spacial score (nSPS) is 17.2. The number of likely N-dealkylation sites (N-methyl/N-ethyl adjacent to an activating group) is 1. The largest absolute Gasteiger partial charge is 0.360 e. The molecular weight excluding hydrogens is 538 g/mol. The number of aromatic amines is 1. The lowest BCUT2D eigenvalue weighted by Gasteiger charge is -2.29. The van der Waals surface area contributed by atoms with Gasteiger partial charge in [-0.25, -0.2) is 9.97 Å². The first-order chi connectivity index (χ1) is 19.9. The summed E-state index contributed by atoms with van der Waals surface area (Å²) in [7, 11) is 3.87. The summed E-state index contributed by atoms with van der Waals surface area (Å²) < 4.78 is 0. The van der Waals surface area contributed by atoms with Crippen molar-refractivity contribution in [3.63, 3.8) is 0 Å². The molecule has 1 aliphatic carbocycles. The summed E-state index contributed by atoms with van der Waals surface area (Å²) in [5.74, 6) is 0.227. The predicted octanol–water partition coefficient (Wildman–Crippen LogP) is 5.49. The van der Waals surface area contributed by atoms with E-state index < -0.39 is 0 Å². The van der Waals surface area contributed by atoms with E-state index >= 15 is 0 Å². The van der Waals surface area contributed by atoms with E-state index in [0.717, 1.165) is 42.1 Å². The number of carbonyl (C=O) groups excluding carboxylic acids is 2. The number of hydrogen-bond acceptors (Lipinski definition) is 6. The molecule has 1 aliphatic rings. The van der Waals surface area contributed by atoms with E-state index in [9.17, 15) is 9.59 Å². The van der Waals surface area contributed by atoms with Crippen molar-refractivity contribution in [2.75, 3.05) is 31.3 Å². The molecule has 9 nitrogen and oxygen atoms in total. The van der Waals surface area contributed by atoms with E-state index in [1.54, 1.807) is 36.5 Å². The van der Waals surface area contributed by atoms with Crippen LogP contribution in [0.5, 0.6) is 0 Å². The van der Waals surface area contributed by atoms with Gasteiger partial charge in [-0.15, -0.1) is 0 Å². The number of hydrogen-bond donors (Lipinski definition) is 4. The Bertz CT molecular complexity index is 1540. The molecule has 0 atom stereocenters. The molecule has 2 amide bonds. The number of aromatic nitrogens is 3. The van der Waals surface area contributed by atoms with Crippen molar-refractivity contribution in [3.8, 4) is 11.3 Å². The van der Waals surface area contributed by atoms with Crippen LogP contribution in [0.1, 0.15) is 36.0 Å². The van der Waals surface area contributed by atoms with Gasteiger partial charge in [0.15, 0.2) is 0 Å². The fraction of sp³-hybridized carbons (Fsp3) is 0.290. The number of anilines is 2. The number of carbonyl (C=O) groups is 2. The van der Waals surface area contributed by atoms with Gasteiger partial charge in [-0.3, -0.25) is 9.59 Å². The Balaban J connectivity index is 1.11. The first-order valence-corrected chi connectivity index (χ1v) is 14.1. The Morgan fingerprint density at radius 1 is 1.05 bits per heavy atom. The fourth-order valence-electron chi connectivity index (χ4n) is 4.99. The molecule has 0 spiro atoms. The molecule has 1 fully saturated rings. The maximum Gasteiger partial charge on any atom is 0.251 e. The molecular formula is C31H34ClN7O2. The van der Waals surface area contributed by atoms with Crippen molar-refractivity contribution in [3.05, 3.63) is 83.7 Å². The number of benzene rings is 2. The molecule has 4 aromatic rings. The third-order valence-electron chi connectivity index (χ3n) is 7.14. The third-order valence-corrected chi connectivity index (χ3v) is 7.42. The molecule has 10 heteroatoms. The minimum absolute atomic E-state index is 0.0923. The number of amides is 2. The summed E-state index contributed by atoms with van der Waals surface area (Å²) in [4.78, 5) is 39.3. The van der Waals surface area contributed by atoms with Crippen LogP contribution in [-0.2, 0) is 4.79 Å². The second kappa shape index (κ2) is 13.0. The molecule has 5 rings (SSSR count). The molecule has 2 aromatic carbocycles. The van der Waals surface area contributed by atoms with E-state index in [1.165, 1.54) is 6.08 Å². The average molecular weight is 572 g/mol. The SMILES string of the molecule is CN(C)C/C=C/C(=O)Nc1ccc(C(=O)NC2CCC(Nc3ncc(Cl)c(-c4c[nH]c5ccccc45)n3)CC2)cc1. The van der Waals surface area contributed by atoms with E-state index in [4.69, 9.17) is 16.6 Å². The van der Waals surface area contributed by atoms with Crippen molar-refractivity contribution in [1.82, 2.24) is 25.2 Å². The number of nitrogens with one attached hydrogen (secondary N) is 4. The summed E-state index contributed by atoms with van der Waals surface area (Å²) in [5, 5.41) is 11.0. The highest BCUT2D eigenvalue weighted by Gasteiger charge is 2.24. The van der Waals surface area contributed by atoms with Gasteiger partial charge >= 0.3 is 0 Å². The number of rotatable bonds is 9. The Morgan fingerprint density at radius 3 is 2.54 bits per heavy atom. The van der Waals surface area contributed by atoms with Gasteiger partial charge in [0.05, 0.1) is 16.9 Å². The van der Waals surface area contributed by atoms with Crippen LogP contribution in [0.25, 0.3) is 22.2 Å². The number of nitrogens with zero attached hydrogens (tertiary/aromatic N) is 3. The number of para-hydroxylation sites is 1. The molecule has 0 unspecified atom stereocenters. The van der Waals surface area contributed by atoms with E-state index in [0.29, 0.717) is 34.5 Å². The topological polar surface area (TPSA) is 115 Å². The minimum Gasteiger partial charge on any atom is -0.360 e. The van der Waals surface area contributed by atoms with Gasteiger partial charge in [0.1, 0.15) is 0 Å². The maximum absolute atomic E-state index is 12.8. The standard InChI is InChI=1S/C31H34ClN7O2/c1-39(2)17-5-8-28(40)35-21-11-9-20(10-12-21)30(41)36-22-13-15-23(16-14-22)37-31-34-19-26(32)29(38-31)25-18-33-27-7-4-3-6-24(25)27/h3-12,18-19,22-23,33H,13-17H2,1-2H3,(H,35,40)(H,36,41)(H,34,37,38)/b8-5+. The van der Waals surface area contributed by atoms with Crippen molar-refractivity contribution in [2.24, 2.45) is 0 Å². The van der Waals surface area contributed by atoms with Crippen molar-refractivity contribution < 1.29 is 9.59 Å². The number of fused-ring (bicyclic) bond motifs is 1. The van der Waals surface area contributed by atoms with Gasteiger partial charge in [-0.05, 0) is 70.1 Å². The molecule has 4 N–H and O–H groups in total. The summed E-state index contributed by atoms with van der Waals surface area (Å²) in [6.07, 6.45) is 10.3. The highest BCUT2D eigenvalue weighted by molar-refractivity contribution is 6.33. The third kappa shape index (κ3) is 7.31. The Hall–Kier alpha value is -4.21. The zero-order valence-electron chi connectivity index (χ0n) is 23.2. The molecule has 0 saturated heterocycles. The molecule has 41 heavy (non-hydrogen) atoms. The monoisotopic (exact) mass is 571 g/mol. The molecule has 0 radical (unpaired) electrons. The van der Waals surface area contributed by atoms with Gasteiger partial charge in [0, 0.05) is 58.6 Å². The Morgan fingerprint density at radius 2 is 1.78 bits per heavy atom. The van der Waals surface area contributed by atoms with Gasteiger partial charge < -0.3 is 25.8 Å². The van der Waals surface area contributed by atoms with E-state index in [-0.39, 0.29) is 23.9 Å². The summed E-state index contributed by atoms with van der Waals surface area (Å²) in [6.45, 7) is 0.687. The maximum atomic E-state index is 12.8. The van der Waals surface area contributed by atoms with Gasteiger partial charge in [0.25, 0.3) is 5.91 Å².